The van der Waals surface area contributed by atoms with Crippen LogP contribution in [0.5, 0.6) is 0 Å². The van der Waals surface area contributed by atoms with Gasteiger partial charge in [-0.2, -0.15) is 0 Å². The Labute approximate surface area is 223 Å². The SMILES string of the molecule is CCCCCCCCC(CCCCCCCC)OC(=O)CCCCCCCOC(=O)[C@@H]1CCCCN1. The minimum Gasteiger partial charge on any atom is -0.465 e. The highest BCUT2D eigenvalue weighted by Gasteiger charge is 2.21. The Kier molecular flexibility index (Phi) is 22.2. The van der Waals surface area contributed by atoms with Gasteiger partial charge in [0.1, 0.15) is 12.1 Å². The maximum Gasteiger partial charge on any atom is 0.323 e. The molecule has 1 aliphatic rings. The minimum atomic E-state index is -0.101. The fourth-order valence-corrected chi connectivity index (χ4v) is 5.04. The largest absolute Gasteiger partial charge is 0.465 e. The van der Waals surface area contributed by atoms with E-state index in [1.54, 1.807) is 0 Å². The molecule has 0 saturated carbocycles. The molecule has 1 heterocycles. The fraction of sp³-hybridized carbons (Fsp3) is 0.935. The van der Waals surface area contributed by atoms with Crippen LogP contribution in [0.3, 0.4) is 0 Å². The van der Waals surface area contributed by atoms with Crippen molar-refractivity contribution in [3.63, 3.8) is 0 Å². The molecule has 1 N–H and O–H groups in total. The number of carbonyl (C=O) groups excluding carboxylic acids is 2. The van der Waals surface area contributed by atoms with Crippen molar-refractivity contribution < 1.29 is 19.1 Å². The van der Waals surface area contributed by atoms with Crippen molar-refractivity contribution in [1.29, 1.82) is 0 Å². The molecule has 1 fully saturated rings. The first-order valence-corrected chi connectivity index (χ1v) is 15.8. The van der Waals surface area contributed by atoms with Gasteiger partial charge in [-0.15, -0.1) is 0 Å². The van der Waals surface area contributed by atoms with E-state index in [-0.39, 0.29) is 24.1 Å². The molecule has 1 aliphatic heterocycles. The molecule has 0 radical (unpaired) electrons. The van der Waals surface area contributed by atoms with E-state index in [9.17, 15) is 9.59 Å². The third-order valence-corrected chi connectivity index (χ3v) is 7.42. The molecule has 0 unspecified atom stereocenters. The Morgan fingerprint density at radius 1 is 0.722 bits per heavy atom. The van der Waals surface area contributed by atoms with Crippen LogP contribution >= 0.6 is 0 Å². The first-order valence-electron chi connectivity index (χ1n) is 15.8. The molecule has 0 aromatic rings. The van der Waals surface area contributed by atoms with Crippen molar-refractivity contribution in [3.05, 3.63) is 0 Å². The number of ether oxygens (including phenoxy) is 2. The van der Waals surface area contributed by atoms with Crippen LogP contribution < -0.4 is 5.32 Å². The van der Waals surface area contributed by atoms with Gasteiger partial charge in [0.15, 0.2) is 0 Å². The number of piperidine rings is 1. The van der Waals surface area contributed by atoms with Crippen molar-refractivity contribution in [2.45, 2.75) is 174 Å². The standard InChI is InChI=1S/C31H59NO4/c1-3-5-7-9-12-16-22-28(23-17-13-10-8-6-4-2)36-30(33)25-18-14-11-15-21-27-35-31(34)29-24-19-20-26-32-29/h28-29,32H,3-27H2,1-2H3/t29-/m0/s1. The van der Waals surface area contributed by atoms with E-state index in [4.69, 9.17) is 9.47 Å². The number of rotatable bonds is 24. The zero-order valence-electron chi connectivity index (χ0n) is 24.0. The second-order valence-corrected chi connectivity index (χ2v) is 10.9. The summed E-state index contributed by atoms with van der Waals surface area (Å²) in [7, 11) is 0. The summed E-state index contributed by atoms with van der Waals surface area (Å²) in [5.74, 6) is -0.0974. The van der Waals surface area contributed by atoms with Crippen LogP contribution in [0.1, 0.15) is 162 Å². The molecule has 0 aromatic carbocycles. The average molecular weight is 510 g/mol. The van der Waals surface area contributed by atoms with Crippen molar-refractivity contribution in [2.24, 2.45) is 0 Å². The molecule has 212 valence electrons. The highest BCUT2D eigenvalue weighted by molar-refractivity contribution is 5.75. The molecule has 1 atom stereocenters. The molecule has 36 heavy (non-hydrogen) atoms. The number of carbonyl (C=O) groups is 2. The Bertz CT molecular complexity index is 503. The van der Waals surface area contributed by atoms with Crippen LogP contribution in [0.15, 0.2) is 0 Å². The van der Waals surface area contributed by atoms with Gasteiger partial charge in [-0.1, -0.05) is 104 Å². The smallest absolute Gasteiger partial charge is 0.323 e. The molecule has 0 bridgehead atoms. The fourth-order valence-electron chi connectivity index (χ4n) is 5.04. The molecule has 5 nitrogen and oxygen atoms in total. The molecule has 0 aromatic heterocycles. The summed E-state index contributed by atoms with van der Waals surface area (Å²) in [5.41, 5.74) is 0. The minimum absolute atomic E-state index is 0.00845. The molecule has 0 spiro atoms. The molecule has 0 aliphatic carbocycles. The van der Waals surface area contributed by atoms with E-state index in [1.165, 1.54) is 77.0 Å². The Balaban J connectivity index is 2.11. The van der Waals surface area contributed by atoms with Gasteiger partial charge in [-0.3, -0.25) is 9.59 Å². The van der Waals surface area contributed by atoms with E-state index in [0.29, 0.717) is 13.0 Å². The van der Waals surface area contributed by atoms with Crippen LogP contribution in [0.4, 0.5) is 0 Å². The second-order valence-electron chi connectivity index (χ2n) is 10.9. The van der Waals surface area contributed by atoms with Gasteiger partial charge in [0.05, 0.1) is 6.61 Å². The second kappa shape index (κ2) is 24.2. The highest BCUT2D eigenvalue weighted by Crippen LogP contribution is 2.18. The van der Waals surface area contributed by atoms with E-state index in [2.05, 4.69) is 19.2 Å². The van der Waals surface area contributed by atoms with Crippen molar-refractivity contribution >= 4 is 11.9 Å². The summed E-state index contributed by atoms with van der Waals surface area (Å²) in [6.45, 7) is 5.94. The van der Waals surface area contributed by atoms with Crippen molar-refractivity contribution in [1.82, 2.24) is 5.32 Å². The number of hydrogen-bond donors (Lipinski definition) is 1. The first kappa shape index (κ1) is 32.9. The summed E-state index contributed by atoms with van der Waals surface area (Å²) in [5, 5.41) is 3.24. The van der Waals surface area contributed by atoms with Crippen molar-refractivity contribution in [2.75, 3.05) is 13.2 Å². The van der Waals surface area contributed by atoms with E-state index in [0.717, 1.165) is 70.8 Å². The summed E-state index contributed by atoms with van der Waals surface area (Å²) < 4.78 is 11.3. The van der Waals surface area contributed by atoms with Gasteiger partial charge in [0, 0.05) is 6.42 Å². The van der Waals surface area contributed by atoms with Gasteiger partial charge >= 0.3 is 11.9 Å². The summed E-state index contributed by atoms with van der Waals surface area (Å²) in [6.07, 6.45) is 26.2. The van der Waals surface area contributed by atoms with Crippen LogP contribution in [0.25, 0.3) is 0 Å². The number of esters is 2. The van der Waals surface area contributed by atoms with E-state index in [1.807, 2.05) is 0 Å². The first-order chi connectivity index (χ1) is 17.7. The lowest BCUT2D eigenvalue weighted by Crippen LogP contribution is -2.41. The quantitative estimate of drug-likeness (QED) is 0.104. The maximum absolute atomic E-state index is 12.5. The highest BCUT2D eigenvalue weighted by atomic mass is 16.5. The third-order valence-electron chi connectivity index (χ3n) is 7.42. The Morgan fingerprint density at radius 2 is 1.28 bits per heavy atom. The maximum atomic E-state index is 12.5. The third kappa shape index (κ3) is 19.1. The molecule has 0 amide bonds. The summed E-state index contributed by atoms with van der Waals surface area (Å²) in [4.78, 5) is 24.5. The Hall–Kier alpha value is -1.10. The monoisotopic (exact) mass is 509 g/mol. The van der Waals surface area contributed by atoms with Crippen LogP contribution in [-0.4, -0.2) is 37.2 Å². The predicted molar refractivity (Wildman–Crippen MR) is 150 cm³/mol. The predicted octanol–water partition coefficient (Wildman–Crippen LogP) is 8.43. The summed E-state index contributed by atoms with van der Waals surface area (Å²) >= 11 is 0. The lowest BCUT2D eigenvalue weighted by molar-refractivity contribution is -0.150. The molecule has 1 saturated heterocycles. The van der Waals surface area contributed by atoms with E-state index >= 15 is 0 Å². The zero-order chi connectivity index (χ0) is 26.1. The zero-order valence-corrected chi connectivity index (χ0v) is 24.0. The topological polar surface area (TPSA) is 64.6 Å². The lowest BCUT2D eigenvalue weighted by atomic mass is 10.0. The van der Waals surface area contributed by atoms with Crippen LogP contribution in [0, 0.1) is 0 Å². The lowest BCUT2D eigenvalue weighted by Gasteiger charge is -2.21. The molecular weight excluding hydrogens is 450 g/mol. The van der Waals surface area contributed by atoms with Gasteiger partial charge in [-0.05, 0) is 57.9 Å². The van der Waals surface area contributed by atoms with Crippen LogP contribution in [-0.2, 0) is 19.1 Å². The van der Waals surface area contributed by atoms with Gasteiger partial charge in [0.2, 0.25) is 0 Å². The number of hydrogen-bond acceptors (Lipinski definition) is 5. The van der Waals surface area contributed by atoms with Gasteiger partial charge in [0.25, 0.3) is 0 Å². The van der Waals surface area contributed by atoms with Crippen molar-refractivity contribution in [3.8, 4) is 0 Å². The van der Waals surface area contributed by atoms with Gasteiger partial charge < -0.3 is 14.8 Å². The van der Waals surface area contributed by atoms with Gasteiger partial charge in [-0.25, -0.2) is 0 Å². The Morgan fingerprint density at radius 3 is 1.86 bits per heavy atom. The summed E-state index contributed by atoms with van der Waals surface area (Å²) in [6, 6.07) is -0.101. The molecule has 1 rings (SSSR count). The normalized spacial score (nSPS) is 15.8. The van der Waals surface area contributed by atoms with Crippen LogP contribution in [0.2, 0.25) is 0 Å². The number of unbranched alkanes of at least 4 members (excludes halogenated alkanes) is 14. The van der Waals surface area contributed by atoms with E-state index < -0.39 is 0 Å². The molecule has 5 heteroatoms. The average Bonchev–Trinajstić information content (AvgIpc) is 2.89. The molecular formula is C31H59NO4. The number of nitrogens with one attached hydrogen (secondary N) is 1.